The van der Waals surface area contributed by atoms with Crippen molar-refractivity contribution in [1.82, 2.24) is 30.1 Å². The van der Waals surface area contributed by atoms with Crippen molar-refractivity contribution in [2.24, 2.45) is 5.92 Å². The number of halogens is 1. The van der Waals surface area contributed by atoms with Gasteiger partial charge in [0.1, 0.15) is 46.2 Å². The van der Waals surface area contributed by atoms with Crippen LogP contribution in [-0.2, 0) is 33.9 Å². The molecule has 2 aliphatic heterocycles. The largest absolute Gasteiger partial charge is 0.497 e. The van der Waals surface area contributed by atoms with Crippen molar-refractivity contribution in [1.29, 1.82) is 0 Å². The highest BCUT2D eigenvalue weighted by Gasteiger charge is 2.62. The second-order valence-corrected chi connectivity index (χ2v) is 19.1. The average Bonchev–Trinajstić information content (AvgIpc) is 3.84. The highest BCUT2D eigenvalue weighted by Crippen LogP contribution is 2.45. The van der Waals surface area contributed by atoms with Gasteiger partial charge in [0.2, 0.25) is 17.7 Å². The lowest BCUT2D eigenvalue weighted by Gasteiger charge is -2.43. The number of amides is 5. The molecule has 4 unspecified atom stereocenters. The first kappa shape index (κ1) is 45.8. The molecule has 7 rings (SSSR count). The van der Waals surface area contributed by atoms with E-state index in [4.69, 9.17) is 30.8 Å². The third kappa shape index (κ3) is 9.65. The van der Waals surface area contributed by atoms with Gasteiger partial charge < -0.3 is 34.6 Å². The predicted octanol–water partition coefficient (Wildman–Crippen LogP) is 4.95. The molecule has 338 valence electrons. The maximum absolute atomic E-state index is 15.3. The number of hydrogen-bond donors (Lipinski definition) is 3. The Morgan fingerprint density at radius 2 is 1.62 bits per heavy atom. The topological polar surface area (TPSA) is 203 Å². The van der Waals surface area contributed by atoms with Gasteiger partial charge in [0.05, 0.1) is 29.8 Å². The van der Waals surface area contributed by atoms with Gasteiger partial charge in [-0.15, -0.1) is 18.2 Å². The zero-order valence-electron chi connectivity index (χ0n) is 36.0. The summed E-state index contributed by atoms with van der Waals surface area (Å²) in [5.41, 5.74) is -2.31. The second-order valence-electron chi connectivity index (χ2n) is 17.2. The Balaban J connectivity index is 1.25. The molecule has 0 bridgehead atoms. The van der Waals surface area contributed by atoms with Crippen LogP contribution in [0.15, 0.2) is 102 Å². The number of carbonyl (C=O) groups is 5. The quantitative estimate of drug-likeness (QED) is 0.121. The molecule has 64 heavy (non-hydrogen) atoms. The Hall–Kier alpha value is -6.20. The number of aromatic nitrogens is 1. The third-order valence-electron chi connectivity index (χ3n) is 11.7. The molecule has 0 spiro atoms. The van der Waals surface area contributed by atoms with Gasteiger partial charge >= 0.3 is 6.09 Å². The number of fused-ring (bicyclic) bond motifs is 1. The van der Waals surface area contributed by atoms with Crippen molar-refractivity contribution in [3.8, 4) is 22.8 Å². The number of piperidine rings is 1. The number of alkyl halides is 1. The molecule has 0 radical (unpaired) electrons. The molecule has 18 heteroatoms. The van der Waals surface area contributed by atoms with Crippen LogP contribution >= 0.6 is 11.6 Å². The number of nitrogens with zero attached hydrogens (tertiary/aromatic N) is 3. The third-order valence-corrected chi connectivity index (χ3v) is 13.3. The smallest absolute Gasteiger partial charge is 0.408 e. The SMILES string of the molecule is C=CC1CC1(NC(=O)C1CC(Oc2cc(-c3ccccc3)nc3cc(OC)ccc23)CN1C(=O)C1(NC(=O)OC(C)(C)C)CCN(C(=O)CCl)CC1)C(=O)NS(=O)(=O)c1ccccc1. The summed E-state index contributed by atoms with van der Waals surface area (Å²) in [6, 6.07) is 22.6. The number of likely N-dealkylation sites (tertiary alicyclic amines) is 2. The summed E-state index contributed by atoms with van der Waals surface area (Å²) >= 11 is 5.89. The van der Waals surface area contributed by atoms with Gasteiger partial charge in [0.15, 0.2) is 0 Å². The minimum absolute atomic E-state index is 0.0381. The molecule has 5 amide bonds. The molecule has 2 saturated heterocycles. The number of hydrogen-bond acceptors (Lipinski definition) is 11. The van der Waals surface area contributed by atoms with Gasteiger partial charge in [-0.05, 0) is 64.3 Å². The average molecular weight is 915 g/mol. The molecule has 4 atom stereocenters. The van der Waals surface area contributed by atoms with E-state index in [2.05, 4.69) is 21.9 Å². The van der Waals surface area contributed by atoms with Crippen LogP contribution < -0.4 is 24.8 Å². The van der Waals surface area contributed by atoms with E-state index in [1.807, 2.05) is 30.3 Å². The number of pyridine rings is 1. The predicted molar refractivity (Wildman–Crippen MR) is 238 cm³/mol. The van der Waals surface area contributed by atoms with Gasteiger partial charge in [-0.3, -0.25) is 19.2 Å². The molecule has 1 aromatic heterocycles. The minimum Gasteiger partial charge on any atom is -0.497 e. The number of rotatable bonds is 13. The molecule has 1 aliphatic carbocycles. The van der Waals surface area contributed by atoms with E-state index >= 15 is 4.79 Å². The van der Waals surface area contributed by atoms with Gasteiger partial charge in [-0.2, -0.15) is 0 Å². The van der Waals surface area contributed by atoms with Crippen molar-refractivity contribution in [3.05, 3.63) is 97.6 Å². The summed E-state index contributed by atoms with van der Waals surface area (Å²) in [5, 5.41) is 6.24. The Labute approximate surface area is 376 Å². The fourth-order valence-corrected chi connectivity index (χ4v) is 9.52. The fourth-order valence-electron chi connectivity index (χ4n) is 8.29. The summed E-state index contributed by atoms with van der Waals surface area (Å²) in [6.07, 6.45) is -0.349. The standard InChI is InChI=1S/C46H51ClN6O10S/c1-6-30-26-46(30,41(56)51-64(59,60)33-15-11-8-12-16-33)49-40(55)37-24-32(62-38-25-35(29-13-9-7-10-14-29)48-36-23-31(61-5)17-18-34(36)38)28-53(37)42(57)45(50-43(58)63-44(2,3)4)19-21-52(22-20-45)39(54)27-47/h6-18,23,25,30,32,37H,1,19-22,24,26-28H2,2-5H3,(H,49,55)(H,50,58)(H,51,56). The van der Waals surface area contributed by atoms with E-state index in [1.165, 1.54) is 40.1 Å². The molecule has 4 aromatic rings. The van der Waals surface area contributed by atoms with Gasteiger partial charge in [0.25, 0.3) is 15.9 Å². The zero-order valence-corrected chi connectivity index (χ0v) is 37.5. The maximum atomic E-state index is 15.3. The van der Waals surface area contributed by atoms with Crippen molar-refractivity contribution in [2.75, 3.05) is 32.6 Å². The van der Waals surface area contributed by atoms with Crippen LogP contribution in [0.3, 0.4) is 0 Å². The summed E-state index contributed by atoms with van der Waals surface area (Å²) in [4.78, 5) is 77.7. The van der Waals surface area contributed by atoms with Crippen LogP contribution in [0.5, 0.6) is 11.5 Å². The van der Waals surface area contributed by atoms with Crippen molar-refractivity contribution in [3.63, 3.8) is 0 Å². The first-order valence-corrected chi connectivity index (χ1v) is 22.9. The Morgan fingerprint density at radius 3 is 2.23 bits per heavy atom. The van der Waals surface area contributed by atoms with Crippen LogP contribution in [0.1, 0.15) is 46.5 Å². The van der Waals surface area contributed by atoms with Crippen molar-refractivity contribution < 1.29 is 46.6 Å². The molecule has 3 N–H and O–H groups in total. The normalized spacial score (nSPS) is 21.6. The number of alkyl carbamates (subject to hydrolysis) is 1. The lowest BCUT2D eigenvalue weighted by atomic mass is 9.85. The Morgan fingerprint density at radius 1 is 0.953 bits per heavy atom. The maximum Gasteiger partial charge on any atom is 0.408 e. The van der Waals surface area contributed by atoms with Crippen LogP contribution in [0.2, 0.25) is 0 Å². The van der Waals surface area contributed by atoms with Gasteiger partial charge in [-0.25, -0.2) is 22.9 Å². The number of nitrogens with one attached hydrogen (secondary N) is 3. The van der Waals surface area contributed by atoms with E-state index in [0.717, 1.165) is 5.56 Å². The first-order chi connectivity index (χ1) is 30.4. The summed E-state index contributed by atoms with van der Waals surface area (Å²) in [6.45, 7) is 8.82. The van der Waals surface area contributed by atoms with Gasteiger partial charge in [-0.1, -0.05) is 54.6 Å². The van der Waals surface area contributed by atoms with Crippen molar-refractivity contribution in [2.45, 2.75) is 80.2 Å². The number of methoxy groups -OCH3 is 1. The van der Waals surface area contributed by atoms with E-state index in [9.17, 15) is 27.6 Å². The molecule has 3 fully saturated rings. The zero-order chi connectivity index (χ0) is 46.0. The fraction of sp³-hybridized carbons (Fsp3) is 0.391. The van der Waals surface area contributed by atoms with Crippen LogP contribution in [0, 0.1) is 5.92 Å². The first-order valence-electron chi connectivity index (χ1n) is 20.8. The van der Waals surface area contributed by atoms with Crippen LogP contribution in [0.25, 0.3) is 22.2 Å². The van der Waals surface area contributed by atoms with E-state index in [0.29, 0.717) is 28.1 Å². The molecule has 1 saturated carbocycles. The highest BCUT2D eigenvalue weighted by molar-refractivity contribution is 7.90. The van der Waals surface area contributed by atoms with E-state index in [1.54, 1.807) is 58.2 Å². The summed E-state index contributed by atoms with van der Waals surface area (Å²) in [5.74, 6) is -2.64. The molecule has 3 aliphatic rings. The monoisotopic (exact) mass is 914 g/mol. The molecule has 3 aromatic carbocycles. The number of benzene rings is 3. The molecule has 16 nitrogen and oxygen atoms in total. The number of carbonyl (C=O) groups excluding carboxylic acids is 5. The van der Waals surface area contributed by atoms with E-state index < -0.39 is 68.6 Å². The Kier molecular flexibility index (Phi) is 13.0. The highest BCUT2D eigenvalue weighted by atomic mass is 35.5. The summed E-state index contributed by atoms with van der Waals surface area (Å²) < 4.78 is 46.6. The lowest BCUT2D eigenvalue weighted by molar-refractivity contribution is -0.147. The van der Waals surface area contributed by atoms with E-state index in [-0.39, 0.29) is 62.0 Å². The second kappa shape index (κ2) is 18.1. The van der Waals surface area contributed by atoms with Crippen LogP contribution in [-0.4, -0.2) is 114 Å². The number of ether oxygens (including phenoxy) is 3. The summed E-state index contributed by atoms with van der Waals surface area (Å²) in [7, 11) is -2.78. The molecular formula is C46H51ClN6O10S. The van der Waals surface area contributed by atoms with Gasteiger partial charge in [0, 0.05) is 48.5 Å². The Bertz CT molecular complexity index is 2570. The molecule has 3 heterocycles. The minimum atomic E-state index is -4.33. The number of sulfonamides is 1. The van der Waals surface area contributed by atoms with Crippen LogP contribution in [0.4, 0.5) is 4.79 Å². The van der Waals surface area contributed by atoms with Crippen molar-refractivity contribution >= 4 is 62.2 Å². The molecular weight excluding hydrogens is 864 g/mol. The lowest BCUT2D eigenvalue weighted by Crippen LogP contribution is -2.66.